The molecule has 2 rings (SSSR count). The third-order valence-electron chi connectivity index (χ3n) is 3.06. The maximum atomic E-state index is 11.9. The molecule has 1 aromatic heterocycles. The lowest BCUT2D eigenvalue weighted by molar-refractivity contribution is -0.116. The zero-order valence-corrected chi connectivity index (χ0v) is 15.4. The van der Waals surface area contributed by atoms with Gasteiger partial charge in [0.25, 0.3) is 5.91 Å². The van der Waals surface area contributed by atoms with Gasteiger partial charge < -0.3 is 9.15 Å². The lowest BCUT2D eigenvalue weighted by Gasteiger charge is -2.10. The summed E-state index contributed by atoms with van der Waals surface area (Å²) in [7, 11) is 1.27. The largest absolute Gasteiger partial charge is 0.465 e. The molecule has 0 spiro atoms. The van der Waals surface area contributed by atoms with E-state index in [2.05, 4.69) is 15.6 Å². The molecule has 1 aromatic carbocycles. The fourth-order valence-electron chi connectivity index (χ4n) is 1.89. The third-order valence-corrected chi connectivity index (χ3v) is 3.87. The highest BCUT2D eigenvalue weighted by Gasteiger charge is 2.14. The number of ether oxygens (including phenoxy) is 1. The lowest BCUT2D eigenvalue weighted by Crippen LogP contribution is -2.27. The molecule has 132 valence electrons. The zero-order chi connectivity index (χ0) is 18.6. The lowest BCUT2D eigenvalue weighted by atomic mass is 10.2. The standard InChI is InChI=1S/C16H13Cl3N2O4/c1-8-11(16(23)24-2)7-10(25-8)3-4-14(22)20-21-15-12(18)5-9(17)6-13(15)19/h3-7,21H,1-2H3,(H,20,22)/b4-3+. The van der Waals surface area contributed by atoms with Crippen LogP contribution < -0.4 is 10.9 Å². The number of methoxy groups -OCH3 is 1. The molecule has 0 atom stereocenters. The minimum atomic E-state index is -0.515. The van der Waals surface area contributed by atoms with Crippen LogP contribution in [0.5, 0.6) is 0 Å². The molecule has 0 aliphatic heterocycles. The number of aryl methyl sites for hydroxylation is 1. The molecule has 1 heterocycles. The van der Waals surface area contributed by atoms with Crippen molar-refractivity contribution in [2.24, 2.45) is 0 Å². The Labute approximate surface area is 158 Å². The van der Waals surface area contributed by atoms with Crippen LogP contribution >= 0.6 is 34.8 Å². The highest BCUT2D eigenvalue weighted by molar-refractivity contribution is 6.41. The van der Waals surface area contributed by atoms with E-state index in [4.69, 9.17) is 39.2 Å². The minimum Gasteiger partial charge on any atom is -0.465 e. The molecule has 0 unspecified atom stereocenters. The zero-order valence-electron chi connectivity index (χ0n) is 13.2. The second-order valence-electron chi connectivity index (χ2n) is 4.80. The normalized spacial score (nSPS) is 10.8. The van der Waals surface area contributed by atoms with Crippen LogP contribution in [0.2, 0.25) is 15.1 Å². The number of nitrogens with one attached hydrogen (secondary N) is 2. The van der Waals surface area contributed by atoms with E-state index in [1.54, 1.807) is 6.92 Å². The summed E-state index contributed by atoms with van der Waals surface area (Å²) in [6.45, 7) is 1.62. The first-order valence-corrected chi connectivity index (χ1v) is 8.02. The predicted octanol–water partition coefficient (Wildman–Crippen LogP) is 4.49. The Hall–Kier alpha value is -2.15. The summed E-state index contributed by atoms with van der Waals surface area (Å²) in [5.41, 5.74) is 5.62. The first-order valence-electron chi connectivity index (χ1n) is 6.89. The van der Waals surface area contributed by atoms with E-state index in [0.29, 0.717) is 27.8 Å². The van der Waals surface area contributed by atoms with E-state index in [0.717, 1.165) is 0 Å². The molecule has 6 nitrogen and oxygen atoms in total. The van der Waals surface area contributed by atoms with Gasteiger partial charge in [0.05, 0.1) is 22.8 Å². The molecule has 0 saturated heterocycles. The van der Waals surface area contributed by atoms with Gasteiger partial charge in [-0.2, -0.15) is 0 Å². The number of hydrogen-bond donors (Lipinski definition) is 2. The van der Waals surface area contributed by atoms with Crippen molar-refractivity contribution in [3.63, 3.8) is 0 Å². The number of carbonyl (C=O) groups excluding carboxylic acids is 2. The Balaban J connectivity index is 2.01. The smallest absolute Gasteiger partial charge is 0.341 e. The molecule has 0 saturated carbocycles. The van der Waals surface area contributed by atoms with E-state index in [9.17, 15) is 9.59 Å². The molecular formula is C16H13Cl3N2O4. The fraction of sp³-hybridized carbons (Fsp3) is 0.125. The molecule has 0 radical (unpaired) electrons. The van der Waals surface area contributed by atoms with Crippen molar-refractivity contribution in [1.82, 2.24) is 5.43 Å². The van der Waals surface area contributed by atoms with Crippen molar-refractivity contribution in [2.75, 3.05) is 12.5 Å². The Morgan fingerprint density at radius 2 is 1.80 bits per heavy atom. The number of rotatable bonds is 5. The molecule has 0 aliphatic carbocycles. The summed E-state index contributed by atoms with van der Waals surface area (Å²) >= 11 is 17.8. The number of esters is 1. The predicted molar refractivity (Wildman–Crippen MR) is 97.1 cm³/mol. The maximum absolute atomic E-state index is 11.9. The van der Waals surface area contributed by atoms with E-state index >= 15 is 0 Å². The van der Waals surface area contributed by atoms with Crippen LogP contribution in [0.15, 0.2) is 28.7 Å². The maximum Gasteiger partial charge on any atom is 0.341 e. The van der Waals surface area contributed by atoms with Crippen molar-refractivity contribution in [1.29, 1.82) is 0 Å². The summed E-state index contributed by atoms with van der Waals surface area (Å²) in [6.07, 6.45) is 2.62. The molecule has 2 N–H and O–H groups in total. The highest BCUT2D eigenvalue weighted by Crippen LogP contribution is 2.33. The fourth-order valence-corrected chi connectivity index (χ4v) is 2.80. The van der Waals surface area contributed by atoms with Gasteiger partial charge in [0.1, 0.15) is 17.1 Å². The van der Waals surface area contributed by atoms with Crippen LogP contribution in [0.25, 0.3) is 6.08 Å². The van der Waals surface area contributed by atoms with Gasteiger partial charge in [-0.3, -0.25) is 15.6 Å². The Morgan fingerprint density at radius 3 is 2.40 bits per heavy atom. The van der Waals surface area contributed by atoms with E-state index in [1.165, 1.54) is 37.5 Å². The topological polar surface area (TPSA) is 80.6 Å². The summed E-state index contributed by atoms with van der Waals surface area (Å²) in [4.78, 5) is 23.4. The van der Waals surface area contributed by atoms with Crippen LogP contribution in [0.3, 0.4) is 0 Å². The second kappa shape index (κ2) is 8.29. The average molecular weight is 404 g/mol. The van der Waals surface area contributed by atoms with Crippen LogP contribution in [-0.2, 0) is 9.53 Å². The van der Waals surface area contributed by atoms with Gasteiger partial charge in [0.15, 0.2) is 0 Å². The van der Waals surface area contributed by atoms with E-state index in [1.807, 2.05) is 0 Å². The Kier molecular flexibility index (Phi) is 6.36. The number of furan rings is 1. The van der Waals surface area contributed by atoms with Gasteiger partial charge in [-0.15, -0.1) is 0 Å². The van der Waals surface area contributed by atoms with Gasteiger partial charge in [-0.25, -0.2) is 4.79 Å². The van der Waals surface area contributed by atoms with Gasteiger partial charge >= 0.3 is 5.97 Å². The van der Waals surface area contributed by atoms with Crippen molar-refractivity contribution >= 4 is 58.4 Å². The average Bonchev–Trinajstić information content (AvgIpc) is 2.92. The van der Waals surface area contributed by atoms with Gasteiger partial charge in [-0.1, -0.05) is 34.8 Å². The summed E-state index contributed by atoms with van der Waals surface area (Å²) in [5.74, 6) is -0.282. The Morgan fingerprint density at radius 1 is 1.16 bits per heavy atom. The molecule has 0 bridgehead atoms. The quantitative estimate of drug-likeness (QED) is 0.437. The molecule has 0 fully saturated rings. The monoisotopic (exact) mass is 402 g/mol. The van der Waals surface area contributed by atoms with Crippen molar-refractivity contribution in [3.05, 3.63) is 56.4 Å². The van der Waals surface area contributed by atoms with Gasteiger partial charge in [0, 0.05) is 11.1 Å². The number of halogens is 3. The summed E-state index contributed by atoms with van der Waals surface area (Å²) in [6, 6.07) is 4.45. The number of hydrogen-bond acceptors (Lipinski definition) is 5. The van der Waals surface area contributed by atoms with Crippen LogP contribution in [0.4, 0.5) is 5.69 Å². The molecule has 1 amide bonds. The number of anilines is 1. The van der Waals surface area contributed by atoms with Crippen molar-refractivity contribution < 1.29 is 18.7 Å². The van der Waals surface area contributed by atoms with Crippen molar-refractivity contribution in [3.8, 4) is 0 Å². The van der Waals surface area contributed by atoms with E-state index < -0.39 is 11.9 Å². The molecule has 9 heteroatoms. The van der Waals surface area contributed by atoms with Gasteiger partial charge in [0.2, 0.25) is 0 Å². The minimum absolute atomic E-state index is 0.256. The van der Waals surface area contributed by atoms with Crippen LogP contribution in [-0.4, -0.2) is 19.0 Å². The highest BCUT2D eigenvalue weighted by atomic mass is 35.5. The number of hydrazine groups is 1. The molecule has 0 aliphatic rings. The second-order valence-corrected chi connectivity index (χ2v) is 6.05. The first kappa shape index (κ1) is 19.2. The molecular weight excluding hydrogens is 391 g/mol. The van der Waals surface area contributed by atoms with Gasteiger partial charge in [-0.05, 0) is 31.2 Å². The van der Waals surface area contributed by atoms with Crippen molar-refractivity contribution in [2.45, 2.75) is 6.92 Å². The number of benzene rings is 1. The van der Waals surface area contributed by atoms with Crippen LogP contribution in [0.1, 0.15) is 21.9 Å². The first-order chi connectivity index (χ1) is 11.8. The van der Waals surface area contributed by atoms with Crippen LogP contribution in [0, 0.1) is 6.92 Å². The Bertz CT molecular complexity index is 823. The number of amides is 1. The third kappa shape index (κ3) is 4.92. The molecule has 25 heavy (non-hydrogen) atoms. The summed E-state index contributed by atoms with van der Waals surface area (Å²) in [5, 5.41) is 0.888. The summed E-state index contributed by atoms with van der Waals surface area (Å²) < 4.78 is 9.98. The number of carbonyl (C=O) groups is 2. The van der Waals surface area contributed by atoms with E-state index in [-0.39, 0.29) is 10.0 Å². The molecule has 2 aromatic rings. The SMILES string of the molecule is COC(=O)c1cc(/C=C/C(=O)NNc2c(Cl)cc(Cl)cc2Cl)oc1C.